The molecule has 0 atom stereocenters. The van der Waals surface area contributed by atoms with Crippen LogP contribution < -0.4 is 10.6 Å². The van der Waals surface area contributed by atoms with Crippen LogP contribution in [0.5, 0.6) is 0 Å². The van der Waals surface area contributed by atoms with Crippen molar-refractivity contribution in [3.8, 4) is 0 Å². The van der Waals surface area contributed by atoms with E-state index in [9.17, 15) is 9.59 Å². The summed E-state index contributed by atoms with van der Waals surface area (Å²) in [7, 11) is 0. The van der Waals surface area contributed by atoms with Gasteiger partial charge in [0.15, 0.2) is 0 Å². The highest BCUT2D eigenvalue weighted by atomic mass is 16.2. The van der Waals surface area contributed by atoms with Gasteiger partial charge in [-0.25, -0.2) is 0 Å². The van der Waals surface area contributed by atoms with E-state index < -0.39 is 5.91 Å². The summed E-state index contributed by atoms with van der Waals surface area (Å²) in [5, 5.41) is 6.41. The van der Waals surface area contributed by atoms with Crippen molar-refractivity contribution in [2.24, 2.45) is 0 Å². The van der Waals surface area contributed by atoms with Crippen LogP contribution in [0, 0.1) is 6.92 Å². The van der Waals surface area contributed by atoms with Crippen molar-refractivity contribution in [1.82, 2.24) is 10.3 Å². The molecule has 4 rings (SSSR count). The summed E-state index contributed by atoms with van der Waals surface area (Å²) in [5.41, 5.74) is 4.07. The van der Waals surface area contributed by atoms with Gasteiger partial charge in [0, 0.05) is 28.4 Å². The molecule has 0 fully saturated rings. The molecule has 1 aliphatic heterocycles. The molecule has 5 heteroatoms. The highest BCUT2D eigenvalue weighted by molar-refractivity contribution is 6.38. The molecular weight excluding hydrogens is 302 g/mol. The molecule has 0 saturated heterocycles. The zero-order chi connectivity index (χ0) is 16.7. The third-order valence-corrected chi connectivity index (χ3v) is 4.19. The molecule has 1 aromatic heterocycles. The minimum absolute atomic E-state index is 0.277. The fourth-order valence-corrected chi connectivity index (χ4v) is 2.96. The number of hydrogen-bond acceptors (Lipinski definition) is 3. The van der Waals surface area contributed by atoms with E-state index in [0.717, 1.165) is 22.2 Å². The number of H-pyrrole nitrogens is 1. The number of amides is 2. The van der Waals surface area contributed by atoms with Crippen LogP contribution in [0.2, 0.25) is 0 Å². The Kier molecular flexibility index (Phi) is 3.20. The minimum Gasteiger partial charge on any atom is -0.361 e. The molecule has 0 spiro atoms. The normalized spacial score (nSPS) is 14.4. The average Bonchev–Trinajstić information content (AvgIpc) is 3.11. The number of anilines is 1. The number of carbonyl (C=O) groups is 2. The van der Waals surface area contributed by atoms with Gasteiger partial charge in [0.05, 0.1) is 5.57 Å². The van der Waals surface area contributed by atoms with Crippen LogP contribution in [-0.2, 0) is 9.59 Å². The fourth-order valence-electron chi connectivity index (χ4n) is 2.96. The third-order valence-electron chi connectivity index (χ3n) is 4.19. The van der Waals surface area contributed by atoms with Crippen molar-refractivity contribution in [1.29, 1.82) is 0 Å². The lowest BCUT2D eigenvalue weighted by molar-refractivity contribution is -0.123. The Bertz CT molecular complexity index is 1010. The van der Waals surface area contributed by atoms with Gasteiger partial charge < -0.3 is 10.3 Å². The van der Waals surface area contributed by atoms with Crippen LogP contribution in [-0.4, -0.2) is 16.8 Å². The lowest BCUT2D eigenvalue weighted by atomic mass is 10.0. The maximum atomic E-state index is 12.4. The quantitative estimate of drug-likeness (QED) is 0.650. The third kappa shape index (κ3) is 2.18. The van der Waals surface area contributed by atoms with Crippen molar-refractivity contribution >= 4 is 34.0 Å². The van der Waals surface area contributed by atoms with Crippen molar-refractivity contribution < 1.29 is 9.59 Å². The van der Waals surface area contributed by atoms with Crippen LogP contribution in [0.1, 0.15) is 11.1 Å². The number of aromatic nitrogens is 1. The average molecular weight is 317 g/mol. The Hall–Kier alpha value is -3.34. The van der Waals surface area contributed by atoms with Gasteiger partial charge in [0.1, 0.15) is 5.70 Å². The molecule has 5 nitrogen and oxygen atoms in total. The molecule has 0 radical (unpaired) electrons. The van der Waals surface area contributed by atoms with Gasteiger partial charge in [0.25, 0.3) is 11.8 Å². The van der Waals surface area contributed by atoms with Crippen molar-refractivity contribution in [3.05, 3.63) is 71.6 Å². The maximum Gasteiger partial charge on any atom is 0.275 e. The van der Waals surface area contributed by atoms with Gasteiger partial charge in [-0.05, 0) is 24.6 Å². The van der Waals surface area contributed by atoms with E-state index in [0.29, 0.717) is 11.1 Å². The lowest BCUT2D eigenvalue weighted by Gasteiger charge is -2.10. The zero-order valence-corrected chi connectivity index (χ0v) is 13.0. The number of rotatable bonds is 3. The Morgan fingerprint density at radius 2 is 1.67 bits per heavy atom. The van der Waals surface area contributed by atoms with Crippen LogP contribution in [0.25, 0.3) is 16.5 Å². The highest BCUT2D eigenvalue weighted by Gasteiger charge is 2.32. The topological polar surface area (TPSA) is 74.0 Å². The molecular formula is C19H15N3O2. The second kappa shape index (κ2) is 5.38. The summed E-state index contributed by atoms with van der Waals surface area (Å²) >= 11 is 0. The second-order valence-electron chi connectivity index (χ2n) is 5.72. The summed E-state index contributed by atoms with van der Waals surface area (Å²) < 4.78 is 0. The first-order valence-electron chi connectivity index (χ1n) is 7.64. The number of aromatic amines is 1. The molecule has 1 aliphatic rings. The predicted octanol–water partition coefficient (Wildman–Crippen LogP) is 2.96. The van der Waals surface area contributed by atoms with E-state index in [1.54, 1.807) is 6.20 Å². The Labute approximate surface area is 138 Å². The number of carbonyl (C=O) groups excluding carboxylic acids is 2. The van der Waals surface area contributed by atoms with Crippen molar-refractivity contribution in [2.75, 3.05) is 5.32 Å². The summed E-state index contributed by atoms with van der Waals surface area (Å²) in [6.45, 7) is 1.95. The predicted molar refractivity (Wildman–Crippen MR) is 93.2 cm³/mol. The molecule has 0 bridgehead atoms. The van der Waals surface area contributed by atoms with Crippen LogP contribution in [0.3, 0.4) is 0 Å². The monoisotopic (exact) mass is 317 g/mol. The van der Waals surface area contributed by atoms with Crippen molar-refractivity contribution in [2.45, 2.75) is 6.92 Å². The fraction of sp³-hybridized carbons (Fsp3) is 0.0526. The Morgan fingerprint density at radius 3 is 2.50 bits per heavy atom. The van der Waals surface area contributed by atoms with E-state index in [1.165, 1.54) is 0 Å². The number of nitrogens with one attached hydrogen (secondary N) is 3. The second-order valence-corrected chi connectivity index (χ2v) is 5.72. The number of fused-ring (bicyclic) bond motifs is 1. The van der Waals surface area contributed by atoms with Gasteiger partial charge in [-0.15, -0.1) is 0 Å². The lowest BCUT2D eigenvalue weighted by Crippen LogP contribution is -2.24. The number of imide groups is 1. The standard InChI is InChI=1S/C19H15N3O2/c1-11-6-2-4-8-14(11)21-17-16(18(23)22-19(17)24)13-10-20-15-9-5-3-7-12(13)15/h2-10,20H,1H3,(H2,21,22,23,24). The van der Waals surface area contributed by atoms with Crippen LogP contribution in [0.15, 0.2) is 60.4 Å². The van der Waals surface area contributed by atoms with Gasteiger partial charge in [-0.1, -0.05) is 36.4 Å². The van der Waals surface area contributed by atoms with E-state index in [4.69, 9.17) is 0 Å². The minimum atomic E-state index is -0.413. The molecule has 0 unspecified atom stereocenters. The maximum absolute atomic E-state index is 12.4. The molecule has 118 valence electrons. The molecule has 3 N–H and O–H groups in total. The van der Waals surface area contributed by atoms with E-state index >= 15 is 0 Å². The smallest absolute Gasteiger partial charge is 0.275 e. The number of benzene rings is 2. The first-order valence-corrected chi connectivity index (χ1v) is 7.64. The molecule has 0 aliphatic carbocycles. The SMILES string of the molecule is Cc1ccccc1NC1=C(c2c[nH]c3ccccc23)C(=O)NC1=O. The van der Waals surface area contributed by atoms with Gasteiger partial charge in [-0.2, -0.15) is 0 Å². The number of hydrogen-bond donors (Lipinski definition) is 3. The summed E-state index contributed by atoms with van der Waals surface area (Å²) in [4.78, 5) is 27.8. The Balaban J connectivity index is 1.89. The zero-order valence-electron chi connectivity index (χ0n) is 13.0. The number of para-hydroxylation sites is 2. The van der Waals surface area contributed by atoms with Gasteiger partial charge >= 0.3 is 0 Å². The number of aryl methyl sites for hydroxylation is 1. The van der Waals surface area contributed by atoms with Crippen molar-refractivity contribution in [3.63, 3.8) is 0 Å². The molecule has 3 aromatic rings. The first kappa shape index (κ1) is 14.3. The Morgan fingerprint density at radius 1 is 0.917 bits per heavy atom. The first-order chi connectivity index (χ1) is 11.6. The molecule has 24 heavy (non-hydrogen) atoms. The summed E-state index contributed by atoms with van der Waals surface area (Å²) in [5.74, 6) is -0.802. The molecule has 2 amide bonds. The molecule has 2 aromatic carbocycles. The van der Waals surface area contributed by atoms with Crippen LogP contribution >= 0.6 is 0 Å². The van der Waals surface area contributed by atoms with Gasteiger partial charge in [-0.3, -0.25) is 14.9 Å². The molecule has 0 saturated carbocycles. The molecule has 2 heterocycles. The van der Waals surface area contributed by atoms with Gasteiger partial charge in [0.2, 0.25) is 0 Å². The van der Waals surface area contributed by atoms with E-state index in [2.05, 4.69) is 15.6 Å². The van der Waals surface area contributed by atoms with Crippen LogP contribution in [0.4, 0.5) is 5.69 Å². The van der Waals surface area contributed by atoms with E-state index in [1.807, 2.05) is 55.5 Å². The summed E-state index contributed by atoms with van der Waals surface area (Å²) in [6, 6.07) is 15.3. The highest BCUT2D eigenvalue weighted by Crippen LogP contribution is 2.31. The summed E-state index contributed by atoms with van der Waals surface area (Å²) in [6.07, 6.45) is 1.76. The largest absolute Gasteiger partial charge is 0.361 e. The van der Waals surface area contributed by atoms with E-state index in [-0.39, 0.29) is 11.6 Å².